The Bertz CT molecular complexity index is 496. The summed E-state index contributed by atoms with van der Waals surface area (Å²) >= 11 is 6.19. The van der Waals surface area contributed by atoms with Crippen LogP contribution in [0.2, 0.25) is 5.02 Å². The van der Waals surface area contributed by atoms with Gasteiger partial charge in [-0.1, -0.05) is 36.7 Å². The first-order chi connectivity index (χ1) is 11.2. The minimum absolute atomic E-state index is 0.523. The van der Waals surface area contributed by atoms with E-state index in [0.29, 0.717) is 6.04 Å². The van der Waals surface area contributed by atoms with Gasteiger partial charge in [0.1, 0.15) is 0 Å². The van der Waals surface area contributed by atoms with Gasteiger partial charge in [0.25, 0.3) is 0 Å². The zero-order valence-electron chi connectivity index (χ0n) is 14.3. The van der Waals surface area contributed by atoms with Crippen LogP contribution in [0.1, 0.15) is 31.7 Å². The van der Waals surface area contributed by atoms with Crippen molar-refractivity contribution in [1.29, 1.82) is 0 Å². The molecule has 0 aliphatic carbocycles. The van der Waals surface area contributed by atoms with Gasteiger partial charge in [-0.15, -0.1) is 0 Å². The first-order valence-electron chi connectivity index (χ1n) is 8.66. The lowest BCUT2D eigenvalue weighted by atomic mass is 10.1. The average molecular weight is 337 g/mol. The van der Waals surface area contributed by atoms with E-state index < -0.39 is 0 Å². The Morgan fingerprint density at radius 1 is 1.30 bits per heavy atom. The molecule has 0 amide bonds. The third-order valence-corrected chi connectivity index (χ3v) is 4.71. The fourth-order valence-corrected chi connectivity index (χ4v) is 3.25. The molecule has 1 fully saturated rings. The minimum atomic E-state index is 0.523. The van der Waals surface area contributed by atoms with Crippen LogP contribution in [0.5, 0.6) is 0 Å². The number of benzene rings is 1. The summed E-state index contributed by atoms with van der Waals surface area (Å²) in [5, 5.41) is 7.78. The Morgan fingerprint density at radius 2 is 2.04 bits per heavy atom. The van der Waals surface area contributed by atoms with Crippen molar-refractivity contribution >= 4 is 17.6 Å². The Balaban J connectivity index is 1.71. The standard InChI is InChI=1S/C18H29ClN4/c1-3-12-23-13-9-16(10-14-23)22-18(20-2)21-11-8-15-6-4-5-7-17(15)19/h4-7,16H,3,8-14H2,1-2H3,(H2,20,21,22). The predicted molar refractivity (Wildman–Crippen MR) is 99.4 cm³/mol. The van der Waals surface area contributed by atoms with E-state index in [1.165, 1.54) is 44.5 Å². The van der Waals surface area contributed by atoms with Crippen LogP contribution in [-0.2, 0) is 6.42 Å². The molecule has 1 saturated heterocycles. The molecule has 1 aromatic rings. The lowest BCUT2D eigenvalue weighted by Gasteiger charge is -2.32. The van der Waals surface area contributed by atoms with Crippen molar-refractivity contribution in [1.82, 2.24) is 15.5 Å². The summed E-state index contributed by atoms with van der Waals surface area (Å²) in [6, 6.07) is 8.52. The third-order valence-electron chi connectivity index (χ3n) is 4.34. The molecule has 128 valence electrons. The van der Waals surface area contributed by atoms with E-state index in [2.05, 4.69) is 33.5 Å². The van der Waals surface area contributed by atoms with Crippen molar-refractivity contribution in [3.63, 3.8) is 0 Å². The Hall–Kier alpha value is -1.26. The summed E-state index contributed by atoms with van der Waals surface area (Å²) in [7, 11) is 1.83. The molecule has 0 atom stereocenters. The SMILES string of the molecule is CCCN1CCC(NC(=NC)NCCc2ccccc2Cl)CC1. The monoisotopic (exact) mass is 336 g/mol. The molecule has 0 spiro atoms. The highest BCUT2D eigenvalue weighted by atomic mass is 35.5. The maximum absolute atomic E-state index is 6.19. The molecular formula is C18H29ClN4. The summed E-state index contributed by atoms with van der Waals surface area (Å²) < 4.78 is 0. The highest BCUT2D eigenvalue weighted by Gasteiger charge is 2.19. The van der Waals surface area contributed by atoms with Gasteiger partial charge in [-0.05, 0) is 43.9 Å². The van der Waals surface area contributed by atoms with Gasteiger partial charge < -0.3 is 15.5 Å². The largest absolute Gasteiger partial charge is 0.356 e. The van der Waals surface area contributed by atoms with Crippen LogP contribution in [0, 0.1) is 0 Å². The number of hydrogen-bond donors (Lipinski definition) is 2. The molecule has 0 unspecified atom stereocenters. The molecule has 2 N–H and O–H groups in total. The third kappa shape index (κ3) is 6.04. The zero-order chi connectivity index (χ0) is 16.5. The quantitative estimate of drug-likeness (QED) is 0.620. The number of halogens is 1. The molecule has 0 radical (unpaired) electrons. The topological polar surface area (TPSA) is 39.7 Å². The maximum atomic E-state index is 6.19. The Morgan fingerprint density at radius 3 is 2.70 bits per heavy atom. The second-order valence-corrected chi connectivity index (χ2v) is 6.51. The summed E-state index contributed by atoms with van der Waals surface area (Å²) in [4.78, 5) is 6.89. The van der Waals surface area contributed by atoms with E-state index in [1.54, 1.807) is 0 Å². The van der Waals surface area contributed by atoms with E-state index in [4.69, 9.17) is 11.6 Å². The summed E-state index contributed by atoms with van der Waals surface area (Å²) in [5.41, 5.74) is 1.17. The van der Waals surface area contributed by atoms with Crippen LogP contribution in [0.25, 0.3) is 0 Å². The van der Waals surface area contributed by atoms with Gasteiger partial charge >= 0.3 is 0 Å². The lowest BCUT2D eigenvalue weighted by Crippen LogP contribution is -2.49. The number of guanidine groups is 1. The minimum Gasteiger partial charge on any atom is -0.356 e. The molecule has 4 nitrogen and oxygen atoms in total. The van der Waals surface area contributed by atoms with Crippen LogP contribution >= 0.6 is 11.6 Å². The molecule has 1 aromatic carbocycles. The number of piperidine rings is 1. The molecule has 5 heteroatoms. The zero-order valence-corrected chi connectivity index (χ0v) is 15.1. The van der Waals surface area contributed by atoms with Crippen molar-refractivity contribution in [2.75, 3.05) is 33.2 Å². The molecular weight excluding hydrogens is 308 g/mol. The maximum Gasteiger partial charge on any atom is 0.191 e. The van der Waals surface area contributed by atoms with Gasteiger partial charge in [-0.3, -0.25) is 4.99 Å². The summed E-state index contributed by atoms with van der Waals surface area (Å²) in [6.45, 7) is 6.66. The van der Waals surface area contributed by atoms with Crippen molar-refractivity contribution in [2.45, 2.75) is 38.6 Å². The summed E-state index contributed by atoms with van der Waals surface area (Å²) in [5.74, 6) is 0.894. The van der Waals surface area contributed by atoms with E-state index >= 15 is 0 Å². The molecule has 1 aliphatic heterocycles. The first-order valence-corrected chi connectivity index (χ1v) is 9.03. The Kier molecular flexibility index (Phi) is 7.69. The molecule has 0 bridgehead atoms. The number of nitrogens with one attached hydrogen (secondary N) is 2. The first kappa shape index (κ1) is 18.1. The lowest BCUT2D eigenvalue weighted by molar-refractivity contribution is 0.206. The van der Waals surface area contributed by atoms with Gasteiger partial charge in [0.05, 0.1) is 0 Å². The fraction of sp³-hybridized carbons (Fsp3) is 0.611. The van der Waals surface area contributed by atoms with Crippen LogP contribution < -0.4 is 10.6 Å². The second-order valence-electron chi connectivity index (χ2n) is 6.10. The fourth-order valence-electron chi connectivity index (χ4n) is 3.02. The normalized spacial score (nSPS) is 17.3. The molecule has 0 saturated carbocycles. The van der Waals surface area contributed by atoms with Crippen LogP contribution in [0.4, 0.5) is 0 Å². The van der Waals surface area contributed by atoms with Crippen molar-refractivity contribution in [3.05, 3.63) is 34.9 Å². The number of rotatable bonds is 6. The summed E-state index contributed by atoms with van der Waals surface area (Å²) in [6.07, 6.45) is 4.51. The predicted octanol–water partition coefficient (Wildman–Crippen LogP) is 2.92. The average Bonchev–Trinajstić information content (AvgIpc) is 2.57. The Labute approximate surface area is 145 Å². The molecule has 1 aliphatic rings. The smallest absolute Gasteiger partial charge is 0.191 e. The van der Waals surface area contributed by atoms with Gasteiger partial charge in [0, 0.05) is 37.7 Å². The van der Waals surface area contributed by atoms with Gasteiger partial charge in [0.2, 0.25) is 0 Å². The molecule has 23 heavy (non-hydrogen) atoms. The highest BCUT2D eigenvalue weighted by molar-refractivity contribution is 6.31. The van der Waals surface area contributed by atoms with Crippen molar-refractivity contribution in [2.24, 2.45) is 4.99 Å². The van der Waals surface area contributed by atoms with Crippen molar-refractivity contribution in [3.8, 4) is 0 Å². The van der Waals surface area contributed by atoms with E-state index in [9.17, 15) is 0 Å². The van der Waals surface area contributed by atoms with Crippen LogP contribution in [0.15, 0.2) is 29.3 Å². The molecule has 0 aromatic heterocycles. The second kappa shape index (κ2) is 9.78. The number of hydrogen-bond acceptors (Lipinski definition) is 2. The van der Waals surface area contributed by atoms with E-state index in [0.717, 1.165) is 23.9 Å². The number of likely N-dealkylation sites (tertiary alicyclic amines) is 1. The number of aliphatic imine (C=N–C) groups is 1. The van der Waals surface area contributed by atoms with Crippen LogP contribution in [0.3, 0.4) is 0 Å². The van der Waals surface area contributed by atoms with E-state index in [-0.39, 0.29) is 0 Å². The van der Waals surface area contributed by atoms with Crippen LogP contribution in [-0.4, -0.2) is 50.1 Å². The molecule has 2 rings (SSSR count). The van der Waals surface area contributed by atoms with Gasteiger partial charge in [-0.2, -0.15) is 0 Å². The van der Waals surface area contributed by atoms with Crippen molar-refractivity contribution < 1.29 is 0 Å². The van der Waals surface area contributed by atoms with E-state index in [1.807, 2.05) is 25.2 Å². The number of nitrogens with zero attached hydrogens (tertiary/aromatic N) is 2. The highest BCUT2D eigenvalue weighted by Crippen LogP contribution is 2.15. The van der Waals surface area contributed by atoms with Gasteiger partial charge in [-0.25, -0.2) is 0 Å². The molecule has 1 heterocycles. The van der Waals surface area contributed by atoms with Gasteiger partial charge in [0.15, 0.2) is 5.96 Å².